The molecule has 36 heavy (non-hydrogen) atoms. The standard InChI is InChI=1S/C34H42N2/c1-6-32(5,7-2)29-14-11-26(12-15-29)27-13-16-30-24(3)31(22-28(30)21-27)25(4)36-34(17-9-8-10-18-34)33(23-35)19-20-33/h11-16,21,36H,4,6-10,17-20,22H2,1-3,5H3. The van der Waals surface area contributed by atoms with Gasteiger partial charge < -0.3 is 5.32 Å². The van der Waals surface area contributed by atoms with Crippen LogP contribution in [0.5, 0.6) is 0 Å². The van der Waals surface area contributed by atoms with Gasteiger partial charge in [-0.05, 0) is 89.8 Å². The summed E-state index contributed by atoms with van der Waals surface area (Å²) in [4.78, 5) is 0. The third kappa shape index (κ3) is 4.02. The molecular weight excluding hydrogens is 436 g/mol. The molecule has 2 saturated carbocycles. The smallest absolute Gasteiger partial charge is 0.0804 e. The fraction of sp³-hybridized carbons (Fsp3) is 0.500. The highest BCUT2D eigenvalue weighted by molar-refractivity contribution is 5.81. The molecule has 0 aromatic heterocycles. The lowest BCUT2D eigenvalue weighted by Crippen LogP contribution is -2.53. The molecule has 0 radical (unpaired) electrons. The fourth-order valence-corrected chi connectivity index (χ4v) is 6.89. The van der Waals surface area contributed by atoms with Crippen molar-refractivity contribution in [1.29, 1.82) is 5.26 Å². The zero-order valence-corrected chi connectivity index (χ0v) is 22.8. The van der Waals surface area contributed by atoms with Crippen LogP contribution in [0.15, 0.2) is 60.3 Å². The molecule has 0 aliphatic heterocycles. The van der Waals surface area contributed by atoms with Crippen molar-refractivity contribution < 1.29 is 0 Å². The number of hydrogen-bond acceptors (Lipinski definition) is 2. The van der Waals surface area contributed by atoms with Gasteiger partial charge in [0.05, 0.1) is 17.0 Å². The van der Waals surface area contributed by atoms with E-state index < -0.39 is 0 Å². The fourth-order valence-electron chi connectivity index (χ4n) is 6.89. The first kappa shape index (κ1) is 24.9. The number of nitrogens with one attached hydrogen (secondary N) is 1. The summed E-state index contributed by atoms with van der Waals surface area (Å²) in [5.41, 5.74) is 10.4. The number of allylic oxidation sites excluding steroid dienone is 2. The van der Waals surface area contributed by atoms with E-state index in [4.69, 9.17) is 0 Å². The van der Waals surface area contributed by atoms with Crippen LogP contribution in [-0.4, -0.2) is 5.54 Å². The van der Waals surface area contributed by atoms with E-state index in [9.17, 15) is 5.26 Å². The molecule has 1 N–H and O–H groups in total. The molecule has 0 amide bonds. The van der Waals surface area contributed by atoms with Gasteiger partial charge in [-0.1, -0.05) is 89.1 Å². The lowest BCUT2D eigenvalue weighted by molar-refractivity contribution is 0.178. The van der Waals surface area contributed by atoms with Gasteiger partial charge in [-0.15, -0.1) is 0 Å². The largest absolute Gasteiger partial charge is 0.378 e. The Balaban J connectivity index is 1.36. The molecule has 2 heteroatoms. The van der Waals surface area contributed by atoms with E-state index in [1.165, 1.54) is 58.2 Å². The van der Waals surface area contributed by atoms with Crippen molar-refractivity contribution in [2.24, 2.45) is 5.41 Å². The Morgan fingerprint density at radius 1 is 0.972 bits per heavy atom. The second-order valence-electron chi connectivity index (χ2n) is 11.9. The van der Waals surface area contributed by atoms with Crippen molar-refractivity contribution >= 4 is 5.57 Å². The first-order chi connectivity index (χ1) is 17.3. The minimum absolute atomic E-state index is 0.0997. The second kappa shape index (κ2) is 9.26. The Bertz CT molecular complexity index is 1220. The molecular formula is C34H42N2. The summed E-state index contributed by atoms with van der Waals surface area (Å²) in [7, 11) is 0. The SMILES string of the molecule is C=C(NC1(C2(C#N)CC2)CCCCC1)C1=C(C)c2ccc(-c3ccc(C(C)(CC)CC)cc3)cc2C1. The third-order valence-corrected chi connectivity index (χ3v) is 10.1. The molecule has 3 aliphatic carbocycles. The van der Waals surface area contributed by atoms with Crippen LogP contribution < -0.4 is 5.32 Å². The van der Waals surface area contributed by atoms with Crippen molar-refractivity contribution in [3.63, 3.8) is 0 Å². The molecule has 188 valence electrons. The number of fused-ring (bicyclic) bond motifs is 1. The first-order valence-corrected chi connectivity index (χ1v) is 14.1. The minimum Gasteiger partial charge on any atom is -0.378 e. The predicted octanol–water partition coefficient (Wildman–Crippen LogP) is 8.87. The second-order valence-corrected chi connectivity index (χ2v) is 11.9. The molecule has 0 heterocycles. The van der Waals surface area contributed by atoms with Gasteiger partial charge in [0, 0.05) is 12.1 Å². The average Bonchev–Trinajstić information content (AvgIpc) is 3.67. The van der Waals surface area contributed by atoms with Crippen molar-refractivity contribution in [2.45, 2.75) is 103 Å². The molecule has 0 unspecified atom stereocenters. The van der Waals surface area contributed by atoms with E-state index in [1.807, 2.05) is 0 Å². The zero-order chi connectivity index (χ0) is 25.6. The van der Waals surface area contributed by atoms with Crippen LogP contribution in [0.25, 0.3) is 16.7 Å². The number of nitriles is 1. The van der Waals surface area contributed by atoms with Gasteiger partial charge in [0.1, 0.15) is 0 Å². The Kier molecular flexibility index (Phi) is 6.40. The maximum Gasteiger partial charge on any atom is 0.0804 e. The lowest BCUT2D eigenvalue weighted by atomic mass is 9.70. The molecule has 2 fully saturated rings. The molecule has 0 spiro atoms. The summed E-state index contributed by atoms with van der Waals surface area (Å²) in [5, 5.41) is 13.9. The Morgan fingerprint density at radius 3 is 2.19 bits per heavy atom. The molecule has 5 rings (SSSR count). The quantitative estimate of drug-likeness (QED) is 0.411. The number of rotatable bonds is 8. The molecule has 3 aliphatic rings. The normalized spacial score (nSPS) is 20.0. The van der Waals surface area contributed by atoms with Crippen molar-refractivity contribution in [2.75, 3.05) is 0 Å². The van der Waals surface area contributed by atoms with E-state index in [0.29, 0.717) is 0 Å². The lowest BCUT2D eigenvalue weighted by Gasteiger charge is -2.43. The van der Waals surface area contributed by atoms with Gasteiger partial charge >= 0.3 is 0 Å². The highest BCUT2D eigenvalue weighted by Gasteiger charge is 2.60. The number of hydrogen-bond donors (Lipinski definition) is 1. The van der Waals surface area contributed by atoms with E-state index in [1.54, 1.807) is 0 Å². The molecule has 2 aromatic carbocycles. The van der Waals surface area contributed by atoms with Gasteiger partial charge in [0.15, 0.2) is 0 Å². The summed E-state index contributed by atoms with van der Waals surface area (Å²) >= 11 is 0. The predicted molar refractivity (Wildman–Crippen MR) is 151 cm³/mol. The summed E-state index contributed by atoms with van der Waals surface area (Å²) in [6.07, 6.45) is 11.2. The minimum atomic E-state index is -0.193. The van der Waals surface area contributed by atoms with E-state index in [2.05, 4.69) is 88.1 Å². The van der Waals surface area contributed by atoms with Crippen molar-refractivity contribution in [3.05, 3.63) is 77.0 Å². The topological polar surface area (TPSA) is 35.8 Å². The first-order valence-electron chi connectivity index (χ1n) is 14.1. The monoisotopic (exact) mass is 478 g/mol. The maximum atomic E-state index is 10.0. The Morgan fingerprint density at radius 2 is 1.61 bits per heavy atom. The highest BCUT2D eigenvalue weighted by atomic mass is 15.0. The van der Waals surface area contributed by atoms with Crippen LogP contribution in [0.3, 0.4) is 0 Å². The third-order valence-electron chi connectivity index (χ3n) is 10.1. The van der Waals surface area contributed by atoms with Gasteiger partial charge in [0.2, 0.25) is 0 Å². The Hall–Kier alpha value is -2.79. The highest BCUT2D eigenvalue weighted by Crippen LogP contribution is 2.59. The molecule has 0 bridgehead atoms. The number of nitrogens with zero attached hydrogens (tertiary/aromatic N) is 1. The van der Waals surface area contributed by atoms with Crippen LogP contribution in [0.2, 0.25) is 0 Å². The van der Waals surface area contributed by atoms with Crippen molar-refractivity contribution in [3.8, 4) is 17.2 Å². The summed E-state index contributed by atoms with van der Waals surface area (Å²) in [5.74, 6) is 0. The number of benzene rings is 2. The van der Waals surface area contributed by atoms with Crippen LogP contribution in [0.4, 0.5) is 0 Å². The summed E-state index contributed by atoms with van der Waals surface area (Å²) in [6.45, 7) is 13.7. The Labute approximate surface area is 218 Å². The van der Waals surface area contributed by atoms with Crippen LogP contribution in [0.1, 0.15) is 102 Å². The summed E-state index contributed by atoms with van der Waals surface area (Å²) in [6, 6.07) is 18.9. The maximum absolute atomic E-state index is 10.0. The molecule has 2 aromatic rings. The van der Waals surface area contributed by atoms with Gasteiger partial charge in [-0.25, -0.2) is 0 Å². The van der Waals surface area contributed by atoms with E-state index in [-0.39, 0.29) is 16.4 Å². The molecule has 0 atom stereocenters. The van der Waals surface area contributed by atoms with Crippen molar-refractivity contribution in [1.82, 2.24) is 5.32 Å². The van der Waals surface area contributed by atoms with Gasteiger partial charge in [-0.3, -0.25) is 0 Å². The van der Waals surface area contributed by atoms with Crippen LogP contribution in [0, 0.1) is 16.7 Å². The van der Waals surface area contributed by atoms with Crippen LogP contribution >= 0.6 is 0 Å². The van der Waals surface area contributed by atoms with Gasteiger partial charge in [0.25, 0.3) is 0 Å². The van der Waals surface area contributed by atoms with E-state index >= 15 is 0 Å². The van der Waals surface area contributed by atoms with E-state index in [0.717, 1.165) is 50.6 Å². The molecule has 2 nitrogen and oxygen atoms in total. The van der Waals surface area contributed by atoms with Gasteiger partial charge in [-0.2, -0.15) is 5.26 Å². The zero-order valence-electron chi connectivity index (χ0n) is 22.8. The molecule has 0 saturated heterocycles. The average molecular weight is 479 g/mol. The summed E-state index contributed by atoms with van der Waals surface area (Å²) < 4.78 is 0. The van der Waals surface area contributed by atoms with Crippen LogP contribution in [-0.2, 0) is 11.8 Å².